The van der Waals surface area contributed by atoms with Crippen LogP contribution in [0.2, 0.25) is 0 Å². The van der Waals surface area contributed by atoms with Crippen molar-refractivity contribution in [3.05, 3.63) is 11.6 Å². The van der Waals surface area contributed by atoms with Gasteiger partial charge in [0.25, 0.3) is 0 Å². The van der Waals surface area contributed by atoms with Gasteiger partial charge in [-0.2, -0.15) is 0 Å². The number of halogens is 2. The number of alkyl halides is 2. The summed E-state index contributed by atoms with van der Waals surface area (Å²) < 4.78 is 10.7. The predicted molar refractivity (Wildman–Crippen MR) is 78.0 cm³/mol. The lowest BCUT2D eigenvalue weighted by Gasteiger charge is -2.38. The van der Waals surface area contributed by atoms with E-state index in [1.807, 2.05) is 26.8 Å². The molecule has 0 radical (unpaired) electrons. The van der Waals surface area contributed by atoms with Gasteiger partial charge in [0.15, 0.2) is 0 Å². The van der Waals surface area contributed by atoms with Crippen LogP contribution in [0.5, 0.6) is 0 Å². The summed E-state index contributed by atoms with van der Waals surface area (Å²) in [4.78, 5) is 22.7. The molecule has 0 N–H and O–H groups in total. The molecule has 2 unspecified atom stereocenters. The Labute approximate surface area is 129 Å². The van der Waals surface area contributed by atoms with Crippen LogP contribution in [-0.4, -0.2) is 35.4 Å². The number of rotatable bonds is 5. The molecule has 114 valence electrons. The molecule has 0 aliphatic heterocycles. The maximum Gasteiger partial charge on any atom is 0.321 e. The number of ether oxygens (including phenoxy) is 2. The van der Waals surface area contributed by atoms with Crippen molar-refractivity contribution in [2.75, 3.05) is 11.8 Å². The van der Waals surface area contributed by atoms with Crippen LogP contribution in [0.4, 0.5) is 0 Å². The third-order valence-corrected chi connectivity index (χ3v) is 4.02. The summed E-state index contributed by atoms with van der Waals surface area (Å²) in [5, 5.41) is 0. The van der Waals surface area contributed by atoms with E-state index in [9.17, 15) is 9.59 Å². The molecule has 0 saturated heterocycles. The number of esters is 2. The van der Waals surface area contributed by atoms with Gasteiger partial charge in [0, 0.05) is 5.92 Å². The van der Waals surface area contributed by atoms with Crippen molar-refractivity contribution in [1.82, 2.24) is 0 Å². The zero-order chi connectivity index (χ0) is 15.3. The highest BCUT2D eigenvalue weighted by molar-refractivity contribution is 6.26. The highest BCUT2D eigenvalue weighted by Gasteiger charge is 2.37. The molecule has 1 aliphatic carbocycles. The average molecular weight is 323 g/mol. The maximum atomic E-state index is 11.4. The van der Waals surface area contributed by atoms with Crippen molar-refractivity contribution in [2.24, 2.45) is 5.92 Å². The summed E-state index contributed by atoms with van der Waals surface area (Å²) >= 11 is 10.9. The second-order valence-electron chi connectivity index (χ2n) is 5.44. The van der Waals surface area contributed by atoms with Gasteiger partial charge in [-0.15, -0.1) is 23.2 Å². The summed E-state index contributed by atoms with van der Waals surface area (Å²) in [5.41, 5.74) is 0.341. The van der Waals surface area contributed by atoms with E-state index in [2.05, 4.69) is 0 Å². The standard InChI is InChI=1S/C14H20Cl2O4/c1-9-4-5-10(6-11(9)19-12(17)7-15)14(2,3)20-13(18)8-16/h4,10-11H,5-8H2,1-3H3. The van der Waals surface area contributed by atoms with Gasteiger partial charge in [0.05, 0.1) is 0 Å². The minimum absolute atomic E-state index is 0.0616. The molecule has 0 aromatic carbocycles. The minimum Gasteiger partial charge on any atom is -0.458 e. The quantitative estimate of drug-likeness (QED) is 0.443. The molecular formula is C14H20Cl2O4. The molecule has 0 spiro atoms. The fourth-order valence-electron chi connectivity index (χ4n) is 2.30. The van der Waals surface area contributed by atoms with E-state index in [4.69, 9.17) is 32.7 Å². The van der Waals surface area contributed by atoms with E-state index in [1.165, 1.54) is 0 Å². The average Bonchev–Trinajstić information content (AvgIpc) is 2.40. The van der Waals surface area contributed by atoms with Gasteiger partial charge in [-0.3, -0.25) is 9.59 Å². The van der Waals surface area contributed by atoms with Crippen molar-refractivity contribution in [3.8, 4) is 0 Å². The Hall–Kier alpha value is -0.740. The van der Waals surface area contributed by atoms with Crippen molar-refractivity contribution in [1.29, 1.82) is 0 Å². The molecule has 0 fully saturated rings. The van der Waals surface area contributed by atoms with Crippen LogP contribution in [0, 0.1) is 5.92 Å². The zero-order valence-corrected chi connectivity index (χ0v) is 13.5. The number of hydrogen-bond acceptors (Lipinski definition) is 4. The van der Waals surface area contributed by atoms with Gasteiger partial charge in [0.1, 0.15) is 23.5 Å². The van der Waals surface area contributed by atoms with Gasteiger partial charge < -0.3 is 9.47 Å². The molecule has 0 aromatic rings. The minimum atomic E-state index is -0.658. The van der Waals surface area contributed by atoms with Crippen molar-refractivity contribution < 1.29 is 19.1 Å². The van der Waals surface area contributed by atoms with Gasteiger partial charge >= 0.3 is 11.9 Å². The zero-order valence-electron chi connectivity index (χ0n) is 11.9. The molecule has 6 heteroatoms. The Morgan fingerprint density at radius 3 is 2.45 bits per heavy atom. The van der Waals surface area contributed by atoms with Gasteiger partial charge in [-0.1, -0.05) is 6.08 Å². The second-order valence-corrected chi connectivity index (χ2v) is 5.97. The molecule has 0 saturated carbocycles. The lowest BCUT2D eigenvalue weighted by atomic mass is 9.78. The Balaban J connectivity index is 2.74. The Bertz CT molecular complexity index is 404. The highest BCUT2D eigenvalue weighted by atomic mass is 35.5. The molecule has 0 aromatic heterocycles. The number of carbonyl (C=O) groups excluding carboxylic acids is 2. The first-order valence-electron chi connectivity index (χ1n) is 6.50. The third kappa shape index (κ3) is 4.67. The van der Waals surface area contributed by atoms with Gasteiger partial charge in [-0.25, -0.2) is 0 Å². The fourth-order valence-corrected chi connectivity index (χ4v) is 2.42. The first kappa shape index (κ1) is 17.3. The van der Waals surface area contributed by atoms with Crippen LogP contribution in [-0.2, 0) is 19.1 Å². The van der Waals surface area contributed by atoms with E-state index < -0.39 is 17.5 Å². The summed E-state index contributed by atoms with van der Waals surface area (Å²) in [5.74, 6) is -1.17. The van der Waals surface area contributed by atoms with E-state index in [0.29, 0.717) is 6.42 Å². The van der Waals surface area contributed by atoms with E-state index in [1.54, 1.807) is 0 Å². The summed E-state index contributed by atoms with van der Waals surface area (Å²) in [7, 11) is 0. The third-order valence-electron chi connectivity index (χ3n) is 3.58. The molecule has 0 amide bonds. The molecule has 0 bridgehead atoms. The van der Waals surface area contributed by atoms with E-state index in [0.717, 1.165) is 12.0 Å². The molecule has 1 rings (SSSR count). The topological polar surface area (TPSA) is 52.6 Å². The lowest BCUT2D eigenvalue weighted by molar-refractivity contribution is -0.162. The number of carbonyl (C=O) groups is 2. The normalized spacial score (nSPS) is 22.9. The second kappa shape index (κ2) is 7.32. The van der Waals surface area contributed by atoms with Gasteiger partial charge in [-0.05, 0) is 39.2 Å². The number of allylic oxidation sites excluding steroid dienone is 1. The Morgan fingerprint density at radius 2 is 1.90 bits per heavy atom. The van der Waals surface area contributed by atoms with Crippen molar-refractivity contribution >= 4 is 35.1 Å². The largest absolute Gasteiger partial charge is 0.458 e. The monoisotopic (exact) mass is 322 g/mol. The molecule has 2 atom stereocenters. The summed E-state index contributed by atoms with van der Waals surface area (Å²) in [6.07, 6.45) is 3.07. The van der Waals surface area contributed by atoms with Crippen LogP contribution in [0.3, 0.4) is 0 Å². The van der Waals surface area contributed by atoms with Crippen LogP contribution < -0.4 is 0 Å². The van der Waals surface area contributed by atoms with E-state index in [-0.39, 0.29) is 23.8 Å². The van der Waals surface area contributed by atoms with Crippen LogP contribution >= 0.6 is 23.2 Å². The Morgan fingerprint density at radius 1 is 1.30 bits per heavy atom. The molecule has 20 heavy (non-hydrogen) atoms. The highest BCUT2D eigenvalue weighted by Crippen LogP contribution is 2.35. The van der Waals surface area contributed by atoms with Crippen molar-refractivity contribution in [3.63, 3.8) is 0 Å². The van der Waals surface area contributed by atoms with Crippen LogP contribution in [0.15, 0.2) is 11.6 Å². The number of hydrogen-bond donors (Lipinski definition) is 0. The predicted octanol–water partition coefficient (Wildman–Crippen LogP) is 3.05. The Kier molecular flexibility index (Phi) is 6.34. The molecule has 1 aliphatic rings. The van der Waals surface area contributed by atoms with Crippen LogP contribution in [0.1, 0.15) is 33.6 Å². The smallest absolute Gasteiger partial charge is 0.321 e. The summed E-state index contributed by atoms with van der Waals surface area (Å²) in [6, 6.07) is 0. The van der Waals surface area contributed by atoms with Crippen LogP contribution in [0.25, 0.3) is 0 Å². The van der Waals surface area contributed by atoms with Gasteiger partial charge in [0.2, 0.25) is 0 Å². The molecule has 0 heterocycles. The summed E-state index contributed by atoms with van der Waals surface area (Å²) in [6.45, 7) is 5.61. The lowest BCUT2D eigenvalue weighted by Crippen LogP contribution is -2.41. The first-order valence-corrected chi connectivity index (χ1v) is 7.57. The molecular weight excluding hydrogens is 303 g/mol. The maximum absolute atomic E-state index is 11.4. The van der Waals surface area contributed by atoms with Crippen molar-refractivity contribution in [2.45, 2.75) is 45.3 Å². The molecule has 4 nitrogen and oxygen atoms in total. The van der Waals surface area contributed by atoms with E-state index >= 15 is 0 Å². The fraction of sp³-hybridized carbons (Fsp3) is 0.714. The SMILES string of the molecule is CC1=CCC(C(C)(C)OC(=O)CCl)CC1OC(=O)CCl. The first-order chi connectivity index (χ1) is 9.30.